The van der Waals surface area contributed by atoms with Crippen LogP contribution in [0, 0.1) is 13.8 Å². The van der Waals surface area contributed by atoms with E-state index in [0.717, 1.165) is 34.1 Å². The second-order valence-electron chi connectivity index (χ2n) is 4.53. The summed E-state index contributed by atoms with van der Waals surface area (Å²) < 4.78 is 1.08. The minimum Gasteiger partial charge on any atom is -0.324 e. The molecule has 0 radical (unpaired) electrons. The predicted molar refractivity (Wildman–Crippen MR) is 75.6 cm³/mol. The van der Waals surface area contributed by atoms with Gasteiger partial charge in [-0.15, -0.1) is 12.4 Å². The smallest absolute Gasteiger partial charge is 0.244 e. The molecule has 0 unspecified atom stereocenters. The summed E-state index contributed by atoms with van der Waals surface area (Å²) >= 11 is 3.49. The molecule has 1 aromatic carbocycles. The maximum absolute atomic E-state index is 11.8. The first-order chi connectivity index (χ1) is 7.42. The number of rotatable bonds is 2. The quantitative estimate of drug-likeness (QED) is 0.880. The maximum Gasteiger partial charge on any atom is 0.244 e. The highest BCUT2D eigenvalue weighted by molar-refractivity contribution is 9.10. The first-order valence-electron chi connectivity index (χ1n) is 5.29. The van der Waals surface area contributed by atoms with Gasteiger partial charge in [-0.2, -0.15) is 0 Å². The van der Waals surface area contributed by atoms with Crippen LogP contribution in [0.15, 0.2) is 16.6 Å². The zero-order valence-electron chi connectivity index (χ0n) is 9.84. The van der Waals surface area contributed by atoms with Crippen molar-refractivity contribution in [3.05, 3.63) is 27.7 Å². The lowest BCUT2D eigenvalue weighted by Gasteiger charge is -2.12. The van der Waals surface area contributed by atoms with Crippen LogP contribution in [-0.2, 0) is 4.79 Å². The van der Waals surface area contributed by atoms with Gasteiger partial charge in [0.05, 0.1) is 5.54 Å². The summed E-state index contributed by atoms with van der Waals surface area (Å²) in [6, 6.07) is 3.89. The van der Waals surface area contributed by atoms with Crippen LogP contribution in [0.4, 0.5) is 5.69 Å². The van der Waals surface area contributed by atoms with Gasteiger partial charge >= 0.3 is 0 Å². The van der Waals surface area contributed by atoms with Crippen molar-refractivity contribution in [1.82, 2.24) is 0 Å². The number of hydrogen-bond acceptors (Lipinski definition) is 2. The second-order valence-corrected chi connectivity index (χ2v) is 5.33. The summed E-state index contributed by atoms with van der Waals surface area (Å²) in [7, 11) is 0. The molecular formula is C12H16BrClN2O. The lowest BCUT2D eigenvalue weighted by atomic mass is 10.1. The molecule has 1 saturated carbocycles. The molecule has 2 rings (SSSR count). The molecule has 1 aliphatic carbocycles. The molecule has 0 aromatic heterocycles. The number of carbonyl (C=O) groups is 1. The van der Waals surface area contributed by atoms with E-state index in [9.17, 15) is 4.79 Å². The number of amides is 1. The lowest BCUT2D eigenvalue weighted by Crippen LogP contribution is -2.37. The van der Waals surface area contributed by atoms with Gasteiger partial charge in [0.2, 0.25) is 5.91 Å². The van der Waals surface area contributed by atoms with Crippen LogP contribution in [-0.4, -0.2) is 11.4 Å². The summed E-state index contributed by atoms with van der Waals surface area (Å²) in [6.07, 6.45) is 1.57. The van der Waals surface area contributed by atoms with E-state index in [1.807, 2.05) is 26.0 Å². The minimum atomic E-state index is -0.616. The standard InChI is InChI=1S/C12H15BrN2O.ClH/c1-7-5-9(6-8(2)10(7)13)15-11(16)12(14)3-4-12;/h5-6H,3-4,14H2,1-2H3,(H,15,16);1H. The first kappa shape index (κ1) is 14.5. The molecule has 1 fully saturated rings. The summed E-state index contributed by atoms with van der Waals surface area (Å²) in [5.41, 5.74) is 8.24. The summed E-state index contributed by atoms with van der Waals surface area (Å²) in [5, 5.41) is 2.87. The summed E-state index contributed by atoms with van der Waals surface area (Å²) in [5.74, 6) is -0.0753. The third-order valence-electron chi connectivity index (χ3n) is 2.94. The van der Waals surface area contributed by atoms with Gasteiger partial charge in [0, 0.05) is 10.2 Å². The van der Waals surface area contributed by atoms with Gasteiger partial charge in [-0.1, -0.05) is 15.9 Å². The van der Waals surface area contributed by atoms with Crippen molar-refractivity contribution in [3.8, 4) is 0 Å². The molecule has 17 heavy (non-hydrogen) atoms. The van der Waals surface area contributed by atoms with E-state index >= 15 is 0 Å². The van der Waals surface area contributed by atoms with Gasteiger partial charge in [0.1, 0.15) is 0 Å². The molecule has 94 valence electrons. The number of nitrogens with one attached hydrogen (secondary N) is 1. The number of benzene rings is 1. The Hall–Kier alpha value is -0.580. The molecule has 0 heterocycles. The average Bonchev–Trinajstić information content (AvgIpc) is 2.94. The molecule has 1 aromatic rings. The van der Waals surface area contributed by atoms with E-state index < -0.39 is 5.54 Å². The Balaban J connectivity index is 0.00000144. The number of nitrogens with two attached hydrogens (primary N) is 1. The Bertz CT molecular complexity index is 435. The fraction of sp³-hybridized carbons (Fsp3) is 0.417. The predicted octanol–water partition coefficient (Wildman–Crippen LogP) is 2.92. The fourth-order valence-electron chi connectivity index (χ4n) is 1.64. The topological polar surface area (TPSA) is 55.1 Å². The third-order valence-corrected chi connectivity index (χ3v) is 4.19. The van der Waals surface area contributed by atoms with Gasteiger partial charge in [0.15, 0.2) is 0 Å². The normalized spacial score (nSPS) is 16.0. The van der Waals surface area contributed by atoms with Crippen LogP contribution in [0.3, 0.4) is 0 Å². The molecule has 1 aliphatic rings. The molecule has 0 saturated heterocycles. The van der Waals surface area contributed by atoms with Crippen LogP contribution in [0.1, 0.15) is 24.0 Å². The van der Waals surface area contributed by atoms with Crippen molar-refractivity contribution in [1.29, 1.82) is 0 Å². The zero-order chi connectivity index (χ0) is 11.9. The summed E-state index contributed by atoms with van der Waals surface area (Å²) in [6.45, 7) is 4.00. The second kappa shape index (κ2) is 4.96. The largest absolute Gasteiger partial charge is 0.324 e. The highest BCUT2D eigenvalue weighted by Gasteiger charge is 2.45. The number of hydrogen-bond donors (Lipinski definition) is 2. The third kappa shape index (κ3) is 3.00. The zero-order valence-corrected chi connectivity index (χ0v) is 12.2. The number of aryl methyl sites for hydroxylation is 2. The van der Waals surface area contributed by atoms with Gasteiger partial charge in [-0.05, 0) is 49.9 Å². The maximum atomic E-state index is 11.8. The molecule has 3 N–H and O–H groups in total. The number of halogens is 2. The van der Waals surface area contributed by atoms with Crippen LogP contribution >= 0.6 is 28.3 Å². The van der Waals surface area contributed by atoms with Crippen LogP contribution < -0.4 is 11.1 Å². The molecule has 0 atom stereocenters. The molecule has 5 heteroatoms. The van der Waals surface area contributed by atoms with Crippen molar-refractivity contribution in [2.24, 2.45) is 5.73 Å². The van der Waals surface area contributed by atoms with Gasteiger partial charge in [-0.3, -0.25) is 4.79 Å². The van der Waals surface area contributed by atoms with E-state index in [1.165, 1.54) is 0 Å². The number of carbonyl (C=O) groups excluding carboxylic acids is 1. The van der Waals surface area contributed by atoms with E-state index in [2.05, 4.69) is 21.2 Å². The van der Waals surface area contributed by atoms with Crippen LogP contribution in [0.5, 0.6) is 0 Å². The molecule has 0 spiro atoms. The highest BCUT2D eigenvalue weighted by Crippen LogP contribution is 2.34. The Morgan fingerprint density at radius 1 is 1.35 bits per heavy atom. The Labute approximate surface area is 116 Å². The minimum absolute atomic E-state index is 0. The van der Waals surface area contributed by atoms with Gasteiger partial charge in [-0.25, -0.2) is 0 Å². The number of anilines is 1. The average molecular weight is 320 g/mol. The van der Waals surface area contributed by atoms with Crippen LogP contribution in [0.25, 0.3) is 0 Å². The summed E-state index contributed by atoms with van der Waals surface area (Å²) in [4.78, 5) is 11.8. The van der Waals surface area contributed by atoms with E-state index in [4.69, 9.17) is 5.73 Å². The van der Waals surface area contributed by atoms with Gasteiger partial charge in [0.25, 0.3) is 0 Å². The van der Waals surface area contributed by atoms with Crippen molar-refractivity contribution in [2.75, 3.05) is 5.32 Å². The first-order valence-corrected chi connectivity index (χ1v) is 6.09. The Morgan fingerprint density at radius 2 is 1.82 bits per heavy atom. The molecule has 0 aliphatic heterocycles. The SMILES string of the molecule is Cc1cc(NC(=O)C2(N)CC2)cc(C)c1Br.Cl. The van der Waals surface area contributed by atoms with E-state index in [-0.39, 0.29) is 18.3 Å². The fourth-order valence-corrected chi connectivity index (χ4v) is 1.86. The molecule has 0 bridgehead atoms. The van der Waals surface area contributed by atoms with Crippen molar-refractivity contribution >= 4 is 39.9 Å². The van der Waals surface area contributed by atoms with Gasteiger partial charge < -0.3 is 11.1 Å². The van der Waals surface area contributed by atoms with Crippen molar-refractivity contribution < 1.29 is 4.79 Å². The monoisotopic (exact) mass is 318 g/mol. The highest BCUT2D eigenvalue weighted by atomic mass is 79.9. The van der Waals surface area contributed by atoms with Crippen molar-refractivity contribution in [3.63, 3.8) is 0 Å². The Kier molecular flexibility index (Phi) is 4.23. The van der Waals surface area contributed by atoms with Crippen molar-refractivity contribution in [2.45, 2.75) is 32.2 Å². The Morgan fingerprint density at radius 3 is 2.24 bits per heavy atom. The molecule has 1 amide bonds. The van der Waals surface area contributed by atoms with Crippen LogP contribution in [0.2, 0.25) is 0 Å². The molecular weight excluding hydrogens is 304 g/mol. The molecule has 3 nitrogen and oxygen atoms in total. The van der Waals surface area contributed by atoms with E-state index in [0.29, 0.717) is 0 Å². The lowest BCUT2D eigenvalue weighted by molar-refractivity contribution is -0.118. The van der Waals surface area contributed by atoms with E-state index in [1.54, 1.807) is 0 Å².